The van der Waals surface area contributed by atoms with Gasteiger partial charge in [-0.2, -0.15) is 0 Å². The number of carbonyl (C=O) groups excluding carboxylic acids is 1. The quantitative estimate of drug-likeness (QED) is 0.343. The maximum absolute atomic E-state index is 12.5. The highest BCUT2D eigenvalue weighted by Gasteiger charge is 2.15. The van der Waals surface area contributed by atoms with Crippen LogP contribution in [-0.4, -0.2) is 22.9 Å². The number of aromatic nitrogens is 1. The molecule has 0 aliphatic heterocycles. The Labute approximate surface area is 176 Å². The lowest BCUT2D eigenvalue weighted by Gasteiger charge is -2.07. The SMILES string of the molecule is COc1ccc2nc(-c3ccc(NC(=O)c4ccc(C)c([N+](=O)[O-])c4)cc3)sc2c1. The van der Waals surface area contributed by atoms with Crippen LogP contribution in [0.1, 0.15) is 15.9 Å². The molecule has 4 aromatic rings. The first-order valence-corrected chi connectivity index (χ1v) is 9.87. The van der Waals surface area contributed by atoms with E-state index in [1.165, 1.54) is 6.07 Å². The third-order valence-electron chi connectivity index (χ3n) is 4.65. The molecule has 0 spiro atoms. The summed E-state index contributed by atoms with van der Waals surface area (Å²) in [6.07, 6.45) is 0. The second-order valence-electron chi connectivity index (χ2n) is 6.64. The summed E-state index contributed by atoms with van der Waals surface area (Å²) < 4.78 is 6.28. The van der Waals surface area contributed by atoms with Gasteiger partial charge >= 0.3 is 0 Å². The number of methoxy groups -OCH3 is 1. The van der Waals surface area contributed by atoms with Crippen molar-refractivity contribution in [3.63, 3.8) is 0 Å². The smallest absolute Gasteiger partial charge is 0.273 e. The number of benzene rings is 3. The Morgan fingerprint density at radius 3 is 2.57 bits per heavy atom. The monoisotopic (exact) mass is 419 g/mol. The normalized spacial score (nSPS) is 10.7. The van der Waals surface area contributed by atoms with Crippen LogP contribution in [0.2, 0.25) is 0 Å². The number of hydrogen-bond donors (Lipinski definition) is 1. The van der Waals surface area contributed by atoms with Gasteiger partial charge < -0.3 is 10.1 Å². The predicted octanol–water partition coefficient (Wildman–Crippen LogP) is 5.44. The van der Waals surface area contributed by atoms with Crippen LogP contribution in [0, 0.1) is 17.0 Å². The first kappa shape index (κ1) is 19.5. The zero-order valence-corrected chi connectivity index (χ0v) is 17.0. The summed E-state index contributed by atoms with van der Waals surface area (Å²) in [5, 5.41) is 14.7. The number of nitrogens with one attached hydrogen (secondary N) is 1. The molecule has 4 rings (SSSR count). The Bertz CT molecular complexity index is 1270. The number of rotatable bonds is 5. The van der Waals surface area contributed by atoms with Crippen LogP contribution in [0.15, 0.2) is 60.7 Å². The first-order valence-electron chi connectivity index (χ1n) is 9.06. The van der Waals surface area contributed by atoms with Crippen molar-refractivity contribution in [1.29, 1.82) is 0 Å². The molecule has 3 aromatic carbocycles. The summed E-state index contributed by atoms with van der Waals surface area (Å²) in [6.45, 7) is 1.64. The molecular weight excluding hydrogens is 402 g/mol. The van der Waals surface area contributed by atoms with E-state index in [9.17, 15) is 14.9 Å². The third-order valence-corrected chi connectivity index (χ3v) is 5.72. The molecule has 0 bridgehead atoms. The molecule has 0 radical (unpaired) electrons. The molecule has 0 aliphatic carbocycles. The van der Waals surface area contributed by atoms with E-state index >= 15 is 0 Å². The summed E-state index contributed by atoms with van der Waals surface area (Å²) >= 11 is 1.56. The Balaban J connectivity index is 1.53. The van der Waals surface area contributed by atoms with Gasteiger partial charge in [0, 0.05) is 28.4 Å². The minimum atomic E-state index is -0.492. The van der Waals surface area contributed by atoms with Crippen LogP contribution < -0.4 is 10.1 Å². The molecule has 1 amide bonds. The lowest BCUT2D eigenvalue weighted by molar-refractivity contribution is -0.385. The van der Waals surface area contributed by atoms with Crippen LogP contribution >= 0.6 is 11.3 Å². The molecule has 150 valence electrons. The van der Waals surface area contributed by atoms with Crippen molar-refractivity contribution in [1.82, 2.24) is 4.98 Å². The molecule has 0 saturated heterocycles. The van der Waals surface area contributed by atoms with Gasteiger partial charge in [0.15, 0.2) is 0 Å². The van der Waals surface area contributed by atoms with Crippen LogP contribution in [-0.2, 0) is 0 Å². The van der Waals surface area contributed by atoms with Crippen molar-refractivity contribution in [3.05, 3.63) is 81.9 Å². The van der Waals surface area contributed by atoms with E-state index in [1.807, 2.05) is 30.3 Å². The highest BCUT2D eigenvalue weighted by atomic mass is 32.1. The van der Waals surface area contributed by atoms with Crippen molar-refractivity contribution in [2.45, 2.75) is 6.92 Å². The van der Waals surface area contributed by atoms with Crippen molar-refractivity contribution in [2.24, 2.45) is 0 Å². The van der Waals surface area contributed by atoms with Crippen LogP contribution in [0.25, 0.3) is 20.8 Å². The van der Waals surface area contributed by atoms with Gasteiger partial charge in [-0.3, -0.25) is 14.9 Å². The van der Waals surface area contributed by atoms with Gasteiger partial charge in [-0.05, 0) is 55.5 Å². The van der Waals surface area contributed by atoms with Gasteiger partial charge in [-0.15, -0.1) is 11.3 Å². The number of amides is 1. The summed E-state index contributed by atoms with van der Waals surface area (Å²) in [7, 11) is 1.63. The fraction of sp³-hybridized carbons (Fsp3) is 0.0909. The average Bonchev–Trinajstić information content (AvgIpc) is 3.17. The Morgan fingerprint density at radius 1 is 1.10 bits per heavy atom. The number of nitro benzene ring substituents is 1. The van der Waals surface area contributed by atoms with Gasteiger partial charge in [0.05, 0.1) is 22.2 Å². The fourth-order valence-corrected chi connectivity index (χ4v) is 4.00. The highest BCUT2D eigenvalue weighted by molar-refractivity contribution is 7.21. The molecule has 0 unspecified atom stereocenters. The van der Waals surface area contributed by atoms with E-state index < -0.39 is 10.8 Å². The lowest BCUT2D eigenvalue weighted by Crippen LogP contribution is -2.12. The fourth-order valence-electron chi connectivity index (χ4n) is 3.00. The second kappa shape index (κ2) is 7.92. The topological polar surface area (TPSA) is 94.4 Å². The number of carbonyl (C=O) groups is 1. The van der Waals surface area contributed by atoms with Crippen molar-refractivity contribution in [3.8, 4) is 16.3 Å². The van der Waals surface area contributed by atoms with E-state index in [2.05, 4.69) is 10.3 Å². The molecule has 0 aliphatic rings. The van der Waals surface area contributed by atoms with E-state index in [0.29, 0.717) is 11.3 Å². The van der Waals surface area contributed by atoms with Crippen LogP contribution in [0.3, 0.4) is 0 Å². The number of hydrogen-bond acceptors (Lipinski definition) is 6. The molecule has 1 aromatic heterocycles. The zero-order chi connectivity index (χ0) is 21.3. The number of nitrogens with zero attached hydrogens (tertiary/aromatic N) is 2. The Hall–Kier alpha value is -3.78. The average molecular weight is 419 g/mol. The van der Waals surface area contributed by atoms with E-state index in [4.69, 9.17) is 4.74 Å². The maximum atomic E-state index is 12.5. The van der Waals surface area contributed by atoms with E-state index in [1.54, 1.807) is 49.6 Å². The summed E-state index contributed by atoms with van der Waals surface area (Å²) in [4.78, 5) is 27.7. The van der Waals surface area contributed by atoms with Crippen molar-refractivity contribution in [2.75, 3.05) is 12.4 Å². The predicted molar refractivity (Wildman–Crippen MR) is 117 cm³/mol. The molecule has 7 nitrogen and oxygen atoms in total. The van der Waals surface area contributed by atoms with Gasteiger partial charge in [0.1, 0.15) is 10.8 Å². The van der Waals surface area contributed by atoms with E-state index in [0.717, 1.165) is 26.5 Å². The number of anilines is 1. The van der Waals surface area contributed by atoms with Crippen molar-refractivity contribution < 1.29 is 14.5 Å². The minimum Gasteiger partial charge on any atom is -0.497 e. The van der Waals surface area contributed by atoms with Gasteiger partial charge in [-0.25, -0.2) is 4.98 Å². The van der Waals surface area contributed by atoms with Crippen LogP contribution in [0.5, 0.6) is 5.75 Å². The number of thiazole rings is 1. The third kappa shape index (κ3) is 3.85. The first-order chi connectivity index (χ1) is 14.4. The Kier molecular flexibility index (Phi) is 5.16. The van der Waals surface area contributed by atoms with Gasteiger partial charge in [0.25, 0.3) is 11.6 Å². The second-order valence-corrected chi connectivity index (χ2v) is 7.67. The Morgan fingerprint density at radius 2 is 1.87 bits per heavy atom. The number of ether oxygens (including phenoxy) is 1. The van der Waals surface area contributed by atoms with Crippen molar-refractivity contribution >= 4 is 38.8 Å². The number of aryl methyl sites for hydroxylation is 1. The minimum absolute atomic E-state index is 0.0783. The molecule has 30 heavy (non-hydrogen) atoms. The largest absolute Gasteiger partial charge is 0.497 e. The molecule has 1 heterocycles. The van der Waals surface area contributed by atoms with Gasteiger partial charge in [-0.1, -0.05) is 6.07 Å². The molecule has 0 fully saturated rings. The number of nitro groups is 1. The summed E-state index contributed by atoms with van der Waals surface area (Å²) in [5.74, 6) is 0.380. The van der Waals surface area contributed by atoms with Crippen LogP contribution in [0.4, 0.5) is 11.4 Å². The number of fused-ring (bicyclic) bond motifs is 1. The van der Waals surface area contributed by atoms with Gasteiger partial charge in [0.2, 0.25) is 0 Å². The summed E-state index contributed by atoms with van der Waals surface area (Å²) in [6, 6.07) is 17.5. The molecular formula is C22H17N3O4S. The van der Waals surface area contributed by atoms with E-state index in [-0.39, 0.29) is 11.3 Å². The molecule has 0 atom stereocenters. The standard InChI is InChI=1S/C22H17N3O4S/c1-13-3-4-15(11-19(13)25(27)28)21(26)23-16-7-5-14(6-8-16)22-24-18-10-9-17(29-2)12-20(18)30-22/h3-12H,1-2H3,(H,23,26). The molecule has 1 N–H and O–H groups in total. The maximum Gasteiger partial charge on any atom is 0.273 e. The summed E-state index contributed by atoms with van der Waals surface area (Å²) in [5.41, 5.74) is 3.08. The highest BCUT2D eigenvalue weighted by Crippen LogP contribution is 2.32. The molecule has 0 saturated carbocycles. The molecule has 8 heteroatoms. The lowest BCUT2D eigenvalue weighted by atomic mass is 10.1. The zero-order valence-electron chi connectivity index (χ0n) is 16.2.